The summed E-state index contributed by atoms with van der Waals surface area (Å²) in [5.74, 6) is -0.313. The van der Waals surface area contributed by atoms with Crippen molar-refractivity contribution in [3.05, 3.63) is 29.3 Å². The number of esters is 1. The predicted molar refractivity (Wildman–Crippen MR) is 105 cm³/mol. The summed E-state index contributed by atoms with van der Waals surface area (Å²) >= 11 is 0. The van der Waals surface area contributed by atoms with Crippen molar-refractivity contribution in [2.75, 3.05) is 51.8 Å². The van der Waals surface area contributed by atoms with Crippen molar-refractivity contribution >= 4 is 23.7 Å². The van der Waals surface area contributed by atoms with Gasteiger partial charge >= 0.3 is 12.1 Å². The molecule has 0 aromatic heterocycles. The minimum absolute atomic E-state index is 0.166. The summed E-state index contributed by atoms with van der Waals surface area (Å²) in [5, 5.41) is 2.85. The van der Waals surface area contributed by atoms with E-state index >= 15 is 0 Å². The van der Waals surface area contributed by atoms with Gasteiger partial charge in [-0.25, -0.2) is 9.59 Å². The van der Waals surface area contributed by atoms with Crippen LogP contribution in [0.5, 0.6) is 0 Å². The van der Waals surface area contributed by atoms with Gasteiger partial charge in [-0.3, -0.25) is 9.69 Å². The molecule has 0 aliphatic carbocycles. The molecule has 154 valence electrons. The largest absolute Gasteiger partial charge is 0.465 e. The minimum atomic E-state index is -0.448. The van der Waals surface area contributed by atoms with Gasteiger partial charge in [-0.05, 0) is 30.5 Å². The topological polar surface area (TPSA) is 88.2 Å². The van der Waals surface area contributed by atoms with Crippen molar-refractivity contribution in [1.29, 1.82) is 0 Å². The molecule has 1 aromatic carbocycles. The molecule has 0 radical (unpaired) electrons. The molecule has 0 spiro atoms. The molecule has 0 unspecified atom stereocenters. The smallest absolute Gasteiger partial charge is 0.409 e. The molecule has 2 amide bonds. The van der Waals surface area contributed by atoms with E-state index < -0.39 is 5.97 Å². The zero-order valence-corrected chi connectivity index (χ0v) is 17.0. The third kappa shape index (κ3) is 6.23. The van der Waals surface area contributed by atoms with E-state index in [2.05, 4.69) is 5.32 Å². The van der Waals surface area contributed by atoms with Gasteiger partial charge in [0.05, 0.1) is 25.8 Å². The maximum atomic E-state index is 12.4. The number of ether oxygens (including phenoxy) is 2. The fraction of sp³-hybridized carbons (Fsp3) is 0.550. The number of carbonyl (C=O) groups is 3. The number of benzene rings is 1. The van der Waals surface area contributed by atoms with Crippen LogP contribution in [-0.4, -0.2) is 74.2 Å². The van der Waals surface area contributed by atoms with Crippen LogP contribution in [0.4, 0.5) is 10.5 Å². The van der Waals surface area contributed by atoms with Gasteiger partial charge in [-0.1, -0.05) is 19.9 Å². The molecule has 1 fully saturated rings. The van der Waals surface area contributed by atoms with Gasteiger partial charge in [0.25, 0.3) is 0 Å². The monoisotopic (exact) mass is 391 g/mol. The first-order valence-corrected chi connectivity index (χ1v) is 9.43. The van der Waals surface area contributed by atoms with E-state index in [1.165, 1.54) is 7.11 Å². The number of aryl methyl sites for hydroxylation is 1. The lowest BCUT2D eigenvalue weighted by molar-refractivity contribution is -0.117. The van der Waals surface area contributed by atoms with E-state index in [1.807, 2.05) is 25.7 Å². The first-order valence-electron chi connectivity index (χ1n) is 9.43. The van der Waals surface area contributed by atoms with Crippen LogP contribution in [0.2, 0.25) is 0 Å². The van der Waals surface area contributed by atoms with E-state index in [1.54, 1.807) is 23.1 Å². The molecule has 0 bridgehead atoms. The third-order valence-electron chi connectivity index (χ3n) is 4.47. The second-order valence-corrected chi connectivity index (χ2v) is 7.30. The lowest BCUT2D eigenvalue weighted by Crippen LogP contribution is -2.50. The Morgan fingerprint density at radius 2 is 1.82 bits per heavy atom. The Morgan fingerprint density at radius 3 is 2.43 bits per heavy atom. The molecule has 1 aromatic rings. The Balaban J connectivity index is 1.83. The Hall–Kier alpha value is -2.61. The highest BCUT2D eigenvalue weighted by atomic mass is 16.6. The highest BCUT2D eigenvalue weighted by Gasteiger charge is 2.23. The van der Waals surface area contributed by atoms with Crippen LogP contribution >= 0.6 is 0 Å². The van der Waals surface area contributed by atoms with Crippen molar-refractivity contribution < 1.29 is 23.9 Å². The van der Waals surface area contributed by atoms with Crippen molar-refractivity contribution in [3.8, 4) is 0 Å². The van der Waals surface area contributed by atoms with Gasteiger partial charge in [-0.2, -0.15) is 0 Å². The molecule has 0 saturated carbocycles. The van der Waals surface area contributed by atoms with Crippen LogP contribution in [0.15, 0.2) is 18.2 Å². The summed E-state index contributed by atoms with van der Waals surface area (Å²) in [5.41, 5.74) is 1.83. The SMILES string of the molecule is COC(=O)c1ccc(C)c(NC(=O)CN2CCN(C(=O)OCC(C)C)CC2)c1. The molecule has 1 N–H and O–H groups in total. The average Bonchev–Trinajstić information content (AvgIpc) is 2.67. The van der Waals surface area contributed by atoms with Gasteiger partial charge in [0.2, 0.25) is 5.91 Å². The lowest BCUT2D eigenvalue weighted by Gasteiger charge is -2.33. The Bertz CT molecular complexity index is 712. The highest BCUT2D eigenvalue weighted by Crippen LogP contribution is 2.18. The van der Waals surface area contributed by atoms with Crippen LogP contribution in [-0.2, 0) is 14.3 Å². The number of hydrogen-bond acceptors (Lipinski definition) is 6. The van der Waals surface area contributed by atoms with Crippen molar-refractivity contribution in [2.45, 2.75) is 20.8 Å². The molecule has 1 heterocycles. The summed E-state index contributed by atoms with van der Waals surface area (Å²) in [6.07, 6.45) is -0.298. The van der Waals surface area contributed by atoms with Gasteiger partial charge in [0.1, 0.15) is 0 Å². The van der Waals surface area contributed by atoms with Crippen molar-refractivity contribution in [2.24, 2.45) is 5.92 Å². The van der Waals surface area contributed by atoms with E-state index in [0.29, 0.717) is 50.0 Å². The second kappa shape index (κ2) is 10.1. The third-order valence-corrected chi connectivity index (χ3v) is 4.47. The molecule has 8 nitrogen and oxygen atoms in total. The summed E-state index contributed by atoms with van der Waals surface area (Å²) in [6, 6.07) is 5.04. The number of nitrogens with one attached hydrogen (secondary N) is 1. The van der Waals surface area contributed by atoms with Gasteiger partial charge in [0, 0.05) is 31.9 Å². The number of nitrogens with zero attached hydrogens (tertiary/aromatic N) is 2. The number of hydrogen-bond donors (Lipinski definition) is 1. The van der Waals surface area contributed by atoms with E-state index in [0.717, 1.165) is 5.56 Å². The van der Waals surface area contributed by atoms with Gasteiger partial charge in [-0.15, -0.1) is 0 Å². The van der Waals surface area contributed by atoms with Crippen molar-refractivity contribution in [3.63, 3.8) is 0 Å². The van der Waals surface area contributed by atoms with Gasteiger partial charge in [0.15, 0.2) is 0 Å². The first-order chi connectivity index (χ1) is 13.3. The van der Waals surface area contributed by atoms with Gasteiger partial charge < -0.3 is 19.7 Å². The Kier molecular flexibility index (Phi) is 7.80. The average molecular weight is 391 g/mol. The summed E-state index contributed by atoms with van der Waals surface area (Å²) in [6.45, 7) is 8.73. The standard InChI is InChI=1S/C20H29N3O5/c1-14(2)13-28-20(26)23-9-7-22(8-10-23)12-18(24)21-17-11-16(19(25)27-4)6-5-15(17)3/h5-6,11,14H,7-10,12-13H2,1-4H3,(H,21,24). The number of anilines is 1. The summed E-state index contributed by atoms with van der Waals surface area (Å²) in [4.78, 5) is 39.7. The summed E-state index contributed by atoms with van der Waals surface area (Å²) in [7, 11) is 1.32. The molecule has 8 heteroatoms. The maximum Gasteiger partial charge on any atom is 0.409 e. The zero-order chi connectivity index (χ0) is 20.7. The fourth-order valence-electron chi connectivity index (χ4n) is 2.81. The Labute approximate surface area is 165 Å². The molecular weight excluding hydrogens is 362 g/mol. The van der Waals surface area contributed by atoms with Crippen LogP contribution in [0.25, 0.3) is 0 Å². The number of methoxy groups -OCH3 is 1. The number of amides is 2. The van der Waals surface area contributed by atoms with Crippen molar-refractivity contribution in [1.82, 2.24) is 9.80 Å². The fourth-order valence-corrected chi connectivity index (χ4v) is 2.81. The number of carbonyl (C=O) groups excluding carboxylic acids is 3. The zero-order valence-electron chi connectivity index (χ0n) is 17.0. The highest BCUT2D eigenvalue weighted by molar-refractivity contribution is 5.96. The Morgan fingerprint density at radius 1 is 1.14 bits per heavy atom. The van der Waals surface area contributed by atoms with E-state index in [9.17, 15) is 14.4 Å². The number of piperazine rings is 1. The quantitative estimate of drug-likeness (QED) is 0.748. The maximum absolute atomic E-state index is 12.4. The molecule has 1 aliphatic rings. The predicted octanol–water partition coefficient (Wildman–Crippen LogP) is 2.13. The molecule has 1 aliphatic heterocycles. The van der Waals surface area contributed by atoms with Crippen LogP contribution in [0, 0.1) is 12.8 Å². The molecule has 2 rings (SSSR count). The van der Waals surface area contributed by atoms with Crippen LogP contribution < -0.4 is 5.32 Å². The molecule has 1 saturated heterocycles. The number of rotatable bonds is 6. The van der Waals surface area contributed by atoms with E-state index in [4.69, 9.17) is 9.47 Å². The molecule has 28 heavy (non-hydrogen) atoms. The van der Waals surface area contributed by atoms with E-state index in [-0.39, 0.29) is 18.5 Å². The van der Waals surface area contributed by atoms with Crippen LogP contribution in [0.1, 0.15) is 29.8 Å². The molecular formula is C20H29N3O5. The van der Waals surface area contributed by atoms with Crippen LogP contribution in [0.3, 0.4) is 0 Å². The second-order valence-electron chi connectivity index (χ2n) is 7.30. The first kappa shape index (κ1) is 21.7. The normalized spacial score (nSPS) is 14.7. The minimum Gasteiger partial charge on any atom is -0.465 e. The molecule has 0 atom stereocenters. The summed E-state index contributed by atoms with van der Waals surface area (Å²) < 4.78 is 9.96. The lowest BCUT2D eigenvalue weighted by atomic mass is 10.1.